The second-order valence-electron chi connectivity index (χ2n) is 5.34. The quantitative estimate of drug-likeness (QED) is 0.725. The number of nitrogens with two attached hydrogens (primary N) is 1. The van der Waals surface area contributed by atoms with Crippen LogP contribution in [0.5, 0.6) is 5.75 Å². The molecule has 0 spiro atoms. The Labute approximate surface area is 157 Å². The van der Waals surface area contributed by atoms with Gasteiger partial charge in [-0.25, -0.2) is 0 Å². The van der Waals surface area contributed by atoms with Crippen molar-refractivity contribution in [2.75, 3.05) is 11.9 Å². The van der Waals surface area contributed by atoms with E-state index >= 15 is 0 Å². The Balaban J connectivity index is 2.00. The number of anilines is 1. The van der Waals surface area contributed by atoms with E-state index in [1.807, 2.05) is 0 Å². The molecule has 2 rings (SSSR count). The number of halogens is 4. The molecule has 0 unspecified atom stereocenters. The first-order valence-corrected chi connectivity index (χ1v) is 7.90. The second kappa shape index (κ2) is 8.59. The maximum absolute atomic E-state index is 12.8. The third kappa shape index (κ3) is 6.34. The van der Waals surface area contributed by atoms with Crippen LogP contribution in [0.1, 0.15) is 11.1 Å². The molecule has 0 aliphatic rings. The highest BCUT2D eigenvalue weighted by molar-refractivity contribution is 6.31. The van der Waals surface area contributed by atoms with Crippen molar-refractivity contribution in [2.24, 2.45) is 5.73 Å². The van der Waals surface area contributed by atoms with Crippen molar-refractivity contribution in [3.8, 4) is 5.75 Å². The van der Waals surface area contributed by atoms with Crippen molar-refractivity contribution < 1.29 is 27.5 Å². The summed E-state index contributed by atoms with van der Waals surface area (Å²) >= 11 is 5.53. The van der Waals surface area contributed by atoms with Crippen LogP contribution in [0, 0.1) is 0 Å². The maximum atomic E-state index is 12.8. The third-order valence-electron chi connectivity index (χ3n) is 3.23. The van der Waals surface area contributed by atoms with E-state index in [-0.39, 0.29) is 12.3 Å². The van der Waals surface area contributed by atoms with Crippen LogP contribution in [0.15, 0.2) is 48.5 Å². The number of nitrogens with one attached hydrogen (secondary N) is 1. The van der Waals surface area contributed by atoms with E-state index in [2.05, 4.69) is 5.32 Å². The number of primary amides is 1. The first kappa shape index (κ1) is 20.3. The molecule has 3 N–H and O–H groups in total. The fourth-order valence-corrected chi connectivity index (χ4v) is 2.23. The van der Waals surface area contributed by atoms with Gasteiger partial charge in [0.1, 0.15) is 5.75 Å². The van der Waals surface area contributed by atoms with Crippen molar-refractivity contribution in [1.82, 2.24) is 0 Å². The Morgan fingerprint density at radius 3 is 2.41 bits per heavy atom. The van der Waals surface area contributed by atoms with Gasteiger partial charge < -0.3 is 15.8 Å². The predicted molar refractivity (Wildman–Crippen MR) is 95.2 cm³/mol. The number of benzene rings is 2. The zero-order chi connectivity index (χ0) is 20.0. The third-order valence-corrected chi connectivity index (χ3v) is 3.56. The average molecular weight is 399 g/mol. The fraction of sp³-hybridized carbons (Fsp3) is 0.111. The van der Waals surface area contributed by atoms with Crippen molar-refractivity contribution in [1.29, 1.82) is 0 Å². The number of alkyl halides is 3. The number of amides is 2. The molecule has 0 radical (unpaired) electrons. The molecule has 9 heteroatoms. The molecule has 0 saturated carbocycles. The standard InChI is InChI=1S/C18H14ClF3N2O3/c19-15-7-4-12(9-14(15)18(20,21)22)24-17(26)8-3-11-1-5-13(6-2-11)27-10-16(23)25/h1-9H,10H2,(H2,23,25)(H,24,26). The molecule has 0 heterocycles. The molecular weight excluding hydrogens is 385 g/mol. The number of carbonyl (C=O) groups is 2. The van der Waals surface area contributed by atoms with Gasteiger partial charge in [-0.15, -0.1) is 0 Å². The highest BCUT2D eigenvalue weighted by Crippen LogP contribution is 2.36. The summed E-state index contributed by atoms with van der Waals surface area (Å²) in [5.74, 6) is -0.790. The van der Waals surface area contributed by atoms with Gasteiger partial charge >= 0.3 is 6.18 Å². The summed E-state index contributed by atoms with van der Waals surface area (Å²) in [4.78, 5) is 22.5. The summed E-state index contributed by atoms with van der Waals surface area (Å²) in [7, 11) is 0. The van der Waals surface area contributed by atoms with Crippen LogP contribution in [0.2, 0.25) is 5.02 Å². The van der Waals surface area contributed by atoms with Gasteiger partial charge in [-0.05, 0) is 42.0 Å². The minimum absolute atomic E-state index is 0.0309. The van der Waals surface area contributed by atoms with E-state index in [0.717, 1.165) is 12.1 Å². The Morgan fingerprint density at radius 1 is 1.15 bits per heavy atom. The molecule has 0 bridgehead atoms. The minimum atomic E-state index is -4.62. The maximum Gasteiger partial charge on any atom is 0.417 e. The van der Waals surface area contributed by atoms with Gasteiger partial charge in [0.05, 0.1) is 10.6 Å². The molecule has 0 aliphatic heterocycles. The molecule has 0 atom stereocenters. The monoisotopic (exact) mass is 398 g/mol. The second-order valence-corrected chi connectivity index (χ2v) is 5.75. The van der Waals surface area contributed by atoms with Crippen LogP contribution in [0.25, 0.3) is 6.08 Å². The Kier molecular flexibility index (Phi) is 6.46. The molecule has 0 saturated heterocycles. The lowest BCUT2D eigenvalue weighted by molar-refractivity contribution is -0.137. The van der Waals surface area contributed by atoms with Crippen LogP contribution in [-0.4, -0.2) is 18.4 Å². The normalized spacial score (nSPS) is 11.4. The van der Waals surface area contributed by atoms with Gasteiger partial charge in [-0.2, -0.15) is 13.2 Å². The lowest BCUT2D eigenvalue weighted by atomic mass is 10.2. The molecule has 27 heavy (non-hydrogen) atoms. The number of ether oxygens (including phenoxy) is 1. The van der Waals surface area contributed by atoms with Gasteiger partial charge in [-0.3, -0.25) is 9.59 Å². The lowest BCUT2D eigenvalue weighted by Gasteiger charge is -2.11. The van der Waals surface area contributed by atoms with Crippen molar-refractivity contribution in [2.45, 2.75) is 6.18 Å². The minimum Gasteiger partial charge on any atom is -0.484 e. The van der Waals surface area contributed by atoms with Crippen LogP contribution in [-0.2, 0) is 15.8 Å². The Hall–Kier alpha value is -3.00. The zero-order valence-electron chi connectivity index (χ0n) is 13.7. The van der Waals surface area contributed by atoms with Crippen LogP contribution < -0.4 is 15.8 Å². The van der Waals surface area contributed by atoms with Crippen LogP contribution in [0.4, 0.5) is 18.9 Å². The highest BCUT2D eigenvalue weighted by atomic mass is 35.5. The number of hydrogen-bond donors (Lipinski definition) is 2. The summed E-state index contributed by atoms with van der Waals surface area (Å²) in [6.45, 7) is -0.251. The van der Waals surface area contributed by atoms with Crippen molar-refractivity contribution >= 4 is 35.2 Å². The molecule has 142 valence electrons. The molecule has 2 aromatic carbocycles. The molecule has 0 aromatic heterocycles. The average Bonchev–Trinajstić information content (AvgIpc) is 2.59. The Morgan fingerprint density at radius 2 is 1.81 bits per heavy atom. The van der Waals surface area contributed by atoms with Gasteiger partial charge in [0.2, 0.25) is 5.91 Å². The molecule has 2 amide bonds. The number of rotatable bonds is 6. The smallest absolute Gasteiger partial charge is 0.417 e. The van der Waals surface area contributed by atoms with E-state index in [9.17, 15) is 22.8 Å². The number of hydrogen-bond acceptors (Lipinski definition) is 3. The van der Waals surface area contributed by atoms with E-state index in [0.29, 0.717) is 11.3 Å². The Bertz CT molecular complexity index is 865. The SMILES string of the molecule is NC(=O)COc1ccc(C=CC(=O)Nc2ccc(Cl)c(C(F)(F)F)c2)cc1. The fourth-order valence-electron chi connectivity index (χ4n) is 2.01. The largest absolute Gasteiger partial charge is 0.484 e. The highest BCUT2D eigenvalue weighted by Gasteiger charge is 2.33. The molecular formula is C18H14ClF3N2O3. The van der Waals surface area contributed by atoms with Crippen LogP contribution >= 0.6 is 11.6 Å². The van der Waals surface area contributed by atoms with Crippen molar-refractivity contribution in [3.63, 3.8) is 0 Å². The van der Waals surface area contributed by atoms with Gasteiger partial charge in [0.25, 0.3) is 5.91 Å². The molecule has 0 aliphatic carbocycles. The van der Waals surface area contributed by atoms with Crippen LogP contribution in [0.3, 0.4) is 0 Å². The van der Waals surface area contributed by atoms with E-state index in [1.165, 1.54) is 18.2 Å². The number of carbonyl (C=O) groups excluding carboxylic acids is 2. The summed E-state index contributed by atoms with van der Waals surface area (Å²) in [5, 5.41) is 1.89. The van der Waals surface area contributed by atoms with Gasteiger partial charge in [0.15, 0.2) is 6.61 Å². The molecule has 5 nitrogen and oxygen atoms in total. The lowest BCUT2D eigenvalue weighted by Crippen LogP contribution is -2.19. The molecule has 0 fully saturated rings. The summed E-state index contributed by atoms with van der Waals surface area (Å²) in [6.07, 6.45) is -1.99. The predicted octanol–water partition coefficient (Wildman–Crippen LogP) is 3.87. The molecule has 2 aromatic rings. The summed E-state index contributed by atoms with van der Waals surface area (Å²) in [6, 6.07) is 9.51. The van der Waals surface area contributed by atoms with E-state index in [4.69, 9.17) is 22.1 Å². The van der Waals surface area contributed by atoms with Gasteiger partial charge in [-0.1, -0.05) is 23.7 Å². The summed E-state index contributed by atoms with van der Waals surface area (Å²) in [5.41, 5.74) is 4.55. The topological polar surface area (TPSA) is 81.4 Å². The van der Waals surface area contributed by atoms with E-state index < -0.39 is 28.6 Å². The van der Waals surface area contributed by atoms with E-state index in [1.54, 1.807) is 24.3 Å². The first-order chi connectivity index (χ1) is 12.6. The zero-order valence-corrected chi connectivity index (χ0v) is 14.5. The van der Waals surface area contributed by atoms with Gasteiger partial charge in [0, 0.05) is 11.8 Å². The van der Waals surface area contributed by atoms with Crippen molar-refractivity contribution in [3.05, 3.63) is 64.7 Å². The summed E-state index contributed by atoms with van der Waals surface area (Å²) < 4.78 is 43.6. The first-order valence-electron chi connectivity index (χ1n) is 7.52.